The molecule has 2 unspecified atom stereocenters. The van der Waals surface area contributed by atoms with E-state index in [2.05, 4.69) is 5.10 Å². The average molecular weight is 553 g/mol. The van der Waals surface area contributed by atoms with Gasteiger partial charge in [0.25, 0.3) is 0 Å². The third-order valence-corrected chi connectivity index (χ3v) is 5.43. The monoisotopic (exact) mass is 552 g/mol. The molecule has 3 N–H and O–H groups in total. The Morgan fingerprint density at radius 1 is 0.973 bits per heavy atom. The average Bonchev–Trinajstić information content (AvgIpc) is 3.11. The third kappa shape index (κ3) is 6.90. The molecule has 0 aliphatic heterocycles. The molecule has 8 nitrogen and oxygen atoms in total. The van der Waals surface area contributed by atoms with E-state index in [0.717, 1.165) is 0 Å². The van der Waals surface area contributed by atoms with Crippen LogP contribution in [0.5, 0.6) is 0 Å². The van der Waals surface area contributed by atoms with Gasteiger partial charge in [-0.15, -0.1) is 5.10 Å². The standard InChI is InChI=1S/C22H19ClF6N4O4/c23-14-8-6-13(7-9-14)19-31-33(20(37)32(19)10-15(34)21(24,25)26)11-16(35)30-17(18(36)22(27,28)29)12-4-2-1-3-5-12/h1-9,15,17-18,34,36H,10-11H2,(H,30,35)/t15-,17?,18?/m0/s1. The molecule has 0 aliphatic carbocycles. The normalized spacial score (nSPS) is 14.7. The van der Waals surface area contributed by atoms with Crippen molar-refractivity contribution in [3.63, 3.8) is 0 Å². The quantitative estimate of drug-likeness (QED) is 0.372. The topological polar surface area (TPSA) is 109 Å². The number of halogens is 7. The SMILES string of the molecule is O=C(Cn1nc(-c2ccc(Cl)cc2)n(C[C@H](O)C(F)(F)F)c1=O)NC(c1ccccc1)C(O)C(F)(F)F. The van der Waals surface area contributed by atoms with Crippen molar-refractivity contribution in [3.8, 4) is 11.4 Å². The van der Waals surface area contributed by atoms with Crippen LogP contribution in [-0.4, -0.2) is 55.0 Å². The molecule has 1 aromatic heterocycles. The highest BCUT2D eigenvalue weighted by Crippen LogP contribution is 2.30. The zero-order valence-electron chi connectivity index (χ0n) is 18.5. The van der Waals surface area contributed by atoms with Gasteiger partial charge in [0.1, 0.15) is 6.54 Å². The van der Waals surface area contributed by atoms with E-state index >= 15 is 0 Å². The fourth-order valence-corrected chi connectivity index (χ4v) is 3.47. The van der Waals surface area contributed by atoms with E-state index in [1.807, 2.05) is 5.32 Å². The van der Waals surface area contributed by atoms with Crippen molar-refractivity contribution < 1.29 is 41.4 Å². The van der Waals surface area contributed by atoms with Crippen molar-refractivity contribution in [3.05, 3.63) is 75.7 Å². The lowest BCUT2D eigenvalue weighted by atomic mass is 10.0. The van der Waals surface area contributed by atoms with Gasteiger partial charge in [-0.05, 0) is 29.8 Å². The summed E-state index contributed by atoms with van der Waals surface area (Å²) < 4.78 is 79.4. The summed E-state index contributed by atoms with van der Waals surface area (Å²) >= 11 is 5.81. The minimum atomic E-state index is -5.11. The Bertz CT molecular complexity index is 1280. The molecule has 0 fully saturated rings. The summed E-state index contributed by atoms with van der Waals surface area (Å²) in [5.74, 6) is -1.55. The first-order valence-corrected chi connectivity index (χ1v) is 10.8. The van der Waals surface area contributed by atoms with Gasteiger partial charge < -0.3 is 15.5 Å². The summed E-state index contributed by atoms with van der Waals surface area (Å²) in [6.45, 7) is -2.26. The number of nitrogens with one attached hydrogen (secondary N) is 1. The smallest absolute Gasteiger partial charge is 0.382 e. The van der Waals surface area contributed by atoms with Crippen molar-refractivity contribution in [2.45, 2.75) is 43.7 Å². The van der Waals surface area contributed by atoms with Crippen LogP contribution in [0.1, 0.15) is 11.6 Å². The summed E-state index contributed by atoms with van der Waals surface area (Å²) in [7, 11) is 0. The van der Waals surface area contributed by atoms with Gasteiger partial charge in [-0.25, -0.2) is 9.48 Å². The number of benzene rings is 2. The molecular weight excluding hydrogens is 534 g/mol. The molecule has 1 heterocycles. The van der Waals surface area contributed by atoms with Crippen LogP contribution in [0.2, 0.25) is 5.02 Å². The first kappa shape index (κ1) is 28.2. The lowest BCUT2D eigenvalue weighted by Gasteiger charge is -2.26. The predicted molar refractivity (Wildman–Crippen MR) is 118 cm³/mol. The van der Waals surface area contributed by atoms with Gasteiger partial charge in [-0.1, -0.05) is 41.9 Å². The molecule has 0 bridgehead atoms. The van der Waals surface area contributed by atoms with Crippen molar-refractivity contribution >= 4 is 17.5 Å². The molecule has 37 heavy (non-hydrogen) atoms. The largest absolute Gasteiger partial charge is 0.416 e. The maximum atomic E-state index is 13.2. The number of hydrogen-bond acceptors (Lipinski definition) is 5. The number of amides is 1. The number of hydrogen-bond donors (Lipinski definition) is 3. The highest BCUT2D eigenvalue weighted by Gasteiger charge is 2.45. The number of aliphatic hydroxyl groups is 2. The Labute approximate surface area is 209 Å². The van der Waals surface area contributed by atoms with Crippen LogP contribution in [0.25, 0.3) is 11.4 Å². The van der Waals surface area contributed by atoms with E-state index in [1.54, 1.807) is 0 Å². The van der Waals surface area contributed by atoms with Crippen LogP contribution < -0.4 is 11.0 Å². The number of nitrogens with zero attached hydrogens (tertiary/aromatic N) is 3. The van der Waals surface area contributed by atoms with Crippen LogP contribution in [0, 0.1) is 0 Å². The Morgan fingerprint density at radius 2 is 1.57 bits per heavy atom. The van der Waals surface area contributed by atoms with Gasteiger partial charge in [-0.2, -0.15) is 26.3 Å². The summed E-state index contributed by atoms with van der Waals surface area (Å²) in [5.41, 5.74) is -1.21. The second-order valence-corrected chi connectivity index (χ2v) is 8.32. The van der Waals surface area contributed by atoms with Gasteiger partial charge in [0.15, 0.2) is 18.0 Å². The molecule has 15 heteroatoms. The molecule has 0 aliphatic rings. The molecule has 0 saturated carbocycles. The lowest BCUT2D eigenvalue weighted by molar-refractivity contribution is -0.213. The third-order valence-electron chi connectivity index (χ3n) is 5.18. The minimum absolute atomic E-state index is 0.0892. The van der Waals surface area contributed by atoms with E-state index < -0.39 is 55.3 Å². The zero-order valence-corrected chi connectivity index (χ0v) is 19.3. The maximum absolute atomic E-state index is 13.2. The molecule has 3 aromatic rings. The molecule has 0 saturated heterocycles. The Balaban J connectivity index is 1.95. The van der Waals surface area contributed by atoms with Crippen molar-refractivity contribution in [1.29, 1.82) is 0 Å². The number of rotatable bonds is 8. The minimum Gasteiger partial charge on any atom is -0.382 e. The van der Waals surface area contributed by atoms with Crippen LogP contribution >= 0.6 is 11.6 Å². The van der Waals surface area contributed by atoms with E-state index in [-0.39, 0.29) is 22.0 Å². The van der Waals surface area contributed by atoms with E-state index in [1.165, 1.54) is 54.6 Å². The fraction of sp³-hybridized carbons (Fsp3) is 0.318. The Hall–Kier alpha value is -3.36. The van der Waals surface area contributed by atoms with E-state index in [9.17, 15) is 46.1 Å². The fourth-order valence-electron chi connectivity index (χ4n) is 3.35. The number of alkyl halides is 6. The molecule has 1 amide bonds. The highest BCUT2D eigenvalue weighted by atomic mass is 35.5. The number of carbonyl (C=O) groups excluding carboxylic acids is 1. The van der Waals surface area contributed by atoms with Gasteiger partial charge >= 0.3 is 18.0 Å². The highest BCUT2D eigenvalue weighted by molar-refractivity contribution is 6.30. The maximum Gasteiger partial charge on any atom is 0.416 e. The molecule has 0 radical (unpaired) electrons. The van der Waals surface area contributed by atoms with Crippen LogP contribution in [0.4, 0.5) is 26.3 Å². The number of carbonyl (C=O) groups is 1. The zero-order chi connectivity index (χ0) is 27.5. The van der Waals surface area contributed by atoms with Crippen molar-refractivity contribution in [1.82, 2.24) is 19.7 Å². The van der Waals surface area contributed by atoms with Crippen molar-refractivity contribution in [2.75, 3.05) is 0 Å². The first-order chi connectivity index (χ1) is 17.2. The van der Waals surface area contributed by atoms with Crippen LogP contribution in [0.3, 0.4) is 0 Å². The van der Waals surface area contributed by atoms with Gasteiger partial charge in [-0.3, -0.25) is 9.36 Å². The molecule has 3 rings (SSSR count). The number of aliphatic hydroxyl groups excluding tert-OH is 2. The Kier molecular flexibility index (Phi) is 8.35. The van der Waals surface area contributed by atoms with E-state index in [0.29, 0.717) is 9.25 Å². The van der Waals surface area contributed by atoms with Gasteiger partial charge in [0, 0.05) is 10.6 Å². The summed E-state index contributed by atoms with van der Waals surface area (Å²) in [6.07, 6.45) is -16.1. The molecule has 0 spiro atoms. The molecule has 200 valence electrons. The Morgan fingerprint density at radius 3 is 2.11 bits per heavy atom. The van der Waals surface area contributed by atoms with Crippen LogP contribution in [0.15, 0.2) is 59.4 Å². The summed E-state index contributed by atoms with van der Waals surface area (Å²) in [5, 5.41) is 25.4. The predicted octanol–water partition coefficient (Wildman–Crippen LogP) is 3.07. The first-order valence-electron chi connectivity index (χ1n) is 10.5. The summed E-state index contributed by atoms with van der Waals surface area (Å²) in [4.78, 5) is 25.4. The lowest BCUT2D eigenvalue weighted by Crippen LogP contribution is -2.45. The molecular formula is C22H19ClF6N4O4. The van der Waals surface area contributed by atoms with Crippen molar-refractivity contribution in [2.24, 2.45) is 0 Å². The summed E-state index contributed by atoms with van der Waals surface area (Å²) in [6, 6.07) is 10.2. The molecule has 3 atom stereocenters. The number of aromatic nitrogens is 3. The van der Waals surface area contributed by atoms with Crippen LogP contribution in [-0.2, 0) is 17.9 Å². The molecule has 2 aromatic carbocycles. The van der Waals surface area contributed by atoms with E-state index in [4.69, 9.17) is 11.6 Å². The second kappa shape index (κ2) is 10.9. The van der Waals surface area contributed by atoms with Gasteiger partial charge in [0.2, 0.25) is 5.91 Å². The second-order valence-electron chi connectivity index (χ2n) is 7.88. The van der Waals surface area contributed by atoms with Gasteiger partial charge in [0.05, 0.1) is 12.6 Å².